The first-order chi connectivity index (χ1) is 8.86. The molecule has 2 aliphatic heterocycles. The topological polar surface area (TPSA) is 27.7 Å². The number of fused-ring (bicyclic) bond motifs is 1. The number of ether oxygens (including phenoxy) is 3. The Balaban J connectivity index is 1.73. The molecule has 2 aliphatic rings. The molecule has 1 aromatic carbocycles. The molecule has 0 spiro atoms. The van der Waals surface area contributed by atoms with Crippen LogP contribution in [0.3, 0.4) is 0 Å². The SMILES string of the molecule is C=C[C@@H]1C=C[C@@H]2O[C@H](c3ccccc3)OC[C@H]2O1. The van der Waals surface area contributed by atoms with Crippen molar-refractivity contribution in [3.05, 3.63) is 60.7 Å². The Bertz CT molecular complexity index is 440. The number of hydrogen-bond acceptors (Lipinski definition) is 3. The van der Waals surface area contributed by atoms with Gasteiger partial charge < -0.3 is 14.2 Å². The summed E-state index contributed by atoms with van der Waals surface area (Å²) < 4.78 is 17.4. The predicted molar refractivity (Wildman–Crippen MR) is 68.0 cm³/mol. The summed E-state index contributed by atoms with van der Waals surface area (Å²) in [5.41, 5.74) is 1.04. The van der Waals surface area contributed by atoms with E-state index >= 15 is 0 Å². The lowest BCUT2D eigenvalue weighted by molar-refractivity contribution is -0.259. The van der Waals surface area contributed by atoms with Gasteiger partial charge in [-0.3, -0.25) is 0 Å². The number of rotatable bonds is 2. The summed E-state index contributed by atoms with van der Waals surface area (Å²) in [4.78, 5) is 0. The maximum atomic E-state index is 5.90. The van der Waals surface area contributed by atoms with E-state index in [1.54, 1.807) is 6.08 Å². The lowest BCUT2D eigenvalue weighted by Crippen LogP contribution is -2.44. The molecule has 1 aromatic rings. The van der Waals surface area contributed by atoms with Crippen molar-refractivity contribution in [1.82, 2.24) is 0 Å². The first-order valence-electron chi connectivity index (χ1n) is 6.15. The van der Waals surface area contributed by atoms with E-state index in [9.17, 15) is 0 Å². The minimum Gasteiger partial charge on any atom is -0.361 e. The zero-order valence-corrected chi connectivity index (χ0v) is 10.1. The summed E-state index contributed by atoms with van der Waals surface area (Å²) in [5, 5.41) is 0. The Morgan fingerprint density at radius 2 is 1.94 bits per heavy atom. The zero-order valence-electron chi connectivity index (χ0n) is 10.1. The molecule has 1 fully saturated rings. The van der Waals surface area contributed by atoms with Crippen LogP contribution in [-0.4, -0.2) is 24.9 Å². The molecule has 94 valence electrons. The van der Waals surface area contributed by atoms with Crippen molar-refractivity contribution < 1.29 is 14.2 Å². The third-order valence-electron chi connectivity index (χ3n) is 3.19. The van der Waals surface area contributed by atoms with Crippen LogP contribution in [-0.2, 0) is 14.2 Å². The molecule has 0 saturated carbocycles. The van der Waals surface area contributed by atoms with Crippen LogP contribution in [0.5, 0.6) is 0 Å². The van der Waals surface area contributed by atoms with E-state index in [0.29, 0.717) is 6.61 Å². The van der Waals surface area contributed by atoms with Gasteiger partial charge in [0, 0.05) is 5.56 Å². The van der Waals surface area contributed by atoms with Crippen molar-refractivity contribution in [3.63, 3.8) is 0 Å². The summed E-state index contributed by atoms with van der Waals surface area (Å²) in [5.74, 6) is 0. The first-order valence-corrected chi connectivity index (χ1v) is 6.15. The van der Waals surface area contributed by atoms with Gasteiger partial charge in [0.25, 0.3) is 0 Å². The largest absolute Gasteiger partial charge is 0.361 e. The highest BCUT2D eigenvalue weighted by Crippen LogP contribution is 2.30. The lowest BCUT2D eigenvalue weighted by Gasteiger charge is -2.38. The van der Waals surface area contributed by atoms with Gasteiger partial charge in [-0.05, 0) is 0 Å². The minimum atomic E-state index is -0.305. The fourth-order valence-electron chi connectivity index (χ4n) is 2.22. The van der Waals surface area contributed by atoms with Gasteiger partial charge in [0.05, 0.1) is 12.7 Å². The van der Waals surface area contributed by atoms with E-state index in [1.165, 1.54) is 0 Å². The second-order valence-corrected chi connectivity index (χ2v) is 4.44. The minimum absolute atomic E-state index is 0.0354. The van der Waals surface area contributed by atoms with Crippen LogP contribution in [0.4, 0.5) is 0 Å². The molecular weight excluding hydrogens is 228 g/mol. The molecule has 3 rings (SSSR count). The molecule has 18 heavy (non-hydrogen) atoms. The summed E-state index contributed by atoms with van der Waals surface area (Å²) in [6, 6.07) is 9.95. The summed E-state index contributed by atoms with van der Waals surface area (Å²) in [6.45, 7) is 4.27. The third-order valence-corrected chi connectivity index (χ3v) is 3.19. The van der Waals surface area contributed by atoms with Crippen LogP contribution in [0, 0.1) is 0 Å². The van der Waals surface area contributed by atoms with Crippen molar-refractivity contribution in [2.24, 2.45) is 0 Å². The number of benzene rings is 1. The molecule has 4 atom stereocenters. The van der Waals surface area contributed by atoms with Gasteiger partial charge in [-0.1, -0.05) is 48.6 Å². The fraction of sp³-hybridized carbons (Fsp3) is 0.333. The molecule has 0 bridgehead atoms. The van der Waals surface area contributed by atoms with E-state index in [4.69, 9.17) is 14.2 Å². The average molecular weight is 244 g/mol. The monoisotopic (exact) mass is 244 g/mol. The maximum Gasteiger partial charge on any atom is 0.184 e. The Kier molecular flexibility index (Phi) is 3.28. The van der Waals surface area contributed by atoms with Gasteiger partial charge in [-0.15, -0.1) is 6.58 Å². The Morgan fingerprint density at radius 1 is 1.11 bits per heavy atom. The maximum absolute atomic E-state index is 5.90. The van der Waals surface area contributed by atoms with Gasteiger partial charge in [0.15, 0.2) is 6.29 Å². The molecule has 3 heteroatoms. The normalized spacial score (nSPS) is 34.9. The Morgan fingerprint density at radius 3 is 2.72 bits per heavy atom. The van der Waals surface area contributed by atoms with Gasteiger partial charge in [0.1, 0.15) is 12.2 Å². The van der Waals surface area contributed by atoms with Crippen molar-refractivity contribution >= 4 is 0 Å². The summed E-state index contributed by atoms with van der Waals surface area (Å²) in [7, 11) is 0. The van der Waals surface area contributed by atoms with E-state index in [-0.39, 0.29) is 24.6 Å². The van der Waals surface area contributed by atoms with Crippen LogP contribution in [0.25, 0.3) is 0 Å². The molecule has 0 N–H and O–H groups in total. The summed E-state index contributed by atoms with van der Waals surface area (Å²) in [6.07, 6.45) is 5.36. The summed E-state index contributed by atoms with van der Waals surface area (Å²) >= 11 is 0. The van der Waals surface area contributed by atoms with E-state index in [1.807, 2.05) is 42.5 Å². The van der Waals surface area contributed by atoms with Gasteiger partial charge in [-0.25, -0.2) is 0 Å². The van der Waals surface area contributed by atoms with E-state index in [2.05, 4.69) is 6.58 Å². The molecule has 3 nitrogen and oxygen atoms in total. The van der Waals surface area contributed by atoms with E-state index in [0.717, 1.165) is 5.56 Å². The first kappa shape index (κ1) is 11.7. The Labute approximate surface area is 107 Å². The predicted octanol–water partition coefficient (Wildman–Crippen LogP) is 2.61. The standard InChI is InChI=1S/C15H16O3/c1-2-12-8-9-13-14(17-12)10-16-15(18-13)11-6-4-3-5-7-11/h2-9,12-15H,1,10H2/t12-,13+,14-,15-/m1/s1. The molecule has 0 aliphatic carbocycles. The van der Waals surface area contributed by atoms with Crippen LogP contribution in [0.1, 0.15) is 11.9 Å². The molecular formula is C15H16O3. The molecule has 0 radical (unpaired) electrons. The lowest BCUT2D eigenvalue weighted by atomic mass is 10.1. The van der Waals surface area contributed by atoms with Gasteiger partial charge >= 0.3 is 0 Å². The van der Waals surface area contributed by atoms with Crippen molar-refractivity contribution in [3.8, 4) is 0 Å². The average Bonchev–Trinajstić information content (AvgIpc) is 2.47. The molecule has 2 heterocycles. The fourth-order valence-corrected chi connectivity index (χ4v) is 2.22. The molecule has 1 saturated heterocycles. The molecule has 0 unspecified atom stereocenters. The highest BCUT2D eigenvalue weighted by molar-refractivity contribution is 5.17. The van der Waals surface area contributed by atoms with Crippen molar-refractivity contribution in [2.45, 2.75) is 24.6 Å². The quantitative estimate of drug-likeness (QED) is 0.748. The highest BCUT2D eigenvalue weighted by atomic mass is 16.7. The molecule has 0 amide bonds. The second-order valence-electron chi connectivity index (χ2n) is 4.44. The van der Waals surface area contributed by atoms with E-state index < -0.39 is 0 Å². The van der Waals surface area contributed by atoms with Crippen LogP contribution >= 0.6 is 0 Å². The van der Waals surface area contributed by atoms with Crippen LogP contribution in [0.2, 0.25) is 0 Å². The second kappa shape index (κ2) is 5.06. The van der Waals surface area contributed by atoms with Crippen LogP contribution < -0.4 is 0 Å². The van der Waals surface area contributed by atoms with Crippen molar-refractivity contribution in [1.29, 1.82) is 0 Å². The highest BCUT2D eigenvalue weighted by Gasteiger charge is 2.34. The van der Waals surface area contributed by atoms with Gasteiger partial charge in [-0.2, -0.15) is 0 Å². The molecule has 0 aromatic heterocycles. The van der Waals surface area contributed by atoms with Crippen LogP contribution in [0.15, 0.2) is 55.1 Å². The van der Waals surface area contributed by atoms with Crippen molar-refractivity contribution in [2.75, 3.05) is 6.61 Å². The van der Waals surface area contributed by atoms with Gasteiger partial charge in [0.2, 0.25) is 0 Å². The number of hydrogen-bond donors (Lipinski definition) is 0. The zero-order chi connectivity index (χ0) is 12.4. The smallest absolute Gasteiger partial charge is 0.184 e. The Hall–Kier alpha value is -1.42. The third kappa shape index (κ3) is 2.25.